The molecule has 21 heavy (non-hydrogen) atoms. The van der Waals surface area contributed by atoms with Gasteiger partial charge >= 0.3 is 0 Å². The number of hydrogen-bond donors (Lipinski definition) is 0. The van der Waals surface area contributed by atoms with Crippen molar-refractivity contribution in [3.05, 3.63) is 23.8 Å². The average molecular weight is 310 g/mol. The van der Waals surface area contributed by atoms with Gasteiger partial charge in [-0.05, 0) is 30.3 Å². The lowest BCUT2D eigenvalue weighted by Crippen LogP contribution is -2.44. The monoisotopic (exact) mass is 310 g/mol. The van der Waals surface area contributed by atoms with Crippen LogP contribution in [0, 0.1) is 0 Å². The summed E-state index contributed by atoms with van der Waals surface area (Å²) < 4.78 is 23.2. The Balaban J connectivity index is 2.39. The van der Waals surface area contributed by atoms with Crippen molar-refractivity contribution in [1.82, 2.24) is 0 Å². The Morgan fingerprint density at radius 3 is 2.19 bits per heavy atom. The molecule has 0 atom stereocenters. The summed E-state index contributed by atoms with van der Waals surface area (Å²) >= 11 is 0. The molecule has 0 unspecified atom stereocenters. The van der Waals surface area contributed by atoms with Gasteiger partial charge in [-0.1, -0.05) is 26.8 Å². The Morgan fingerprint density at radius 1 is 1.10 bits per heavy atom. The molecule has 5 heteroatoms. The van der Waals surface area contributed by atoms with Crippen LogP contribution in [0.1, 0.15) is 32.6 Å². The third-order valence-electron chi connectivity index (χ3n) is 4.27. The molecule has 1 saturated heterocycles. The second-order valence-electron chi connectivity index (χ2n) is 6.81. The molecule has 1 aromatic carbocycles. The zero-order valence-electron chi connectivity index (χ0n) is 13.9. The van der Waals surface area contributed by atoms with E-state index in [1.54, 1.807) is 7.11 Å². The highest BCUT2D eigenvalue weighted by Gasteiger charge is 2.40. The van der Waals surface area contributed by atoms with Gasteiger partial charge in [0, 0.05) is 0 Å². The number of benzene rings is 1. The fourth-order valence-electron chi connectivity index (χ4n) is 1.98. The summed E-state index contributed by atoms with van der Waals surface area (Å²) in [5.74, 6) is 1.56. The van der Waals surface area contributed by atoms with Crippen molar-refractivity contribution in [2.24, 2.45) is 0 Å². The van der Waals surface area contributed by atoms with Gasteiger partial charge in [-0.15, -0.1) is 0 Å². The topological polar surface area (TPSA) is 36.9 Å². The molecule has 2 rings (SSSR count). The van der Waals surface area contributed by atoms with Gasteiger partial charge in [-0.2, -0.15) is 0 Å². The first-order valence-corrected chi connectivity index (χ1v) is 10.3. The molecular weight excluding hydrogens is 284 g/mol. The molecule has 0 radical (unpaired) electrons. The number of ether oxygens (including phenoxy) is 3. The Morgan fingerprint density at radius 2 is 1.67 bits per heavy atom. The van der Waals surface area contributed by atoms with E-state index in [1.165, 1.54) is 0 Å². The molecule has 1 heterocycles. The lowest BCUT2D eigenvalue weighted by molar-refractivity contribution is -0.0464. The highest BCUT2D eigenvalue weighted by Crippen LogP contribution is 2.43. The predicted octanol–water partition coefficient (Wildman–Crippen LogP) is 4.12. The fraction of sp³-hybridized carbons (Fsp3) is 0.625. The van der Waals surface area contributed by atoms with Gasteiger partial charge in [-0.25, -0.2) is 0 Å². The number of methoxy groups -OCH3 is 1. The summed E-state index contributed by atoms with van der Waals surface area (Å²) in [6.07, 6.45) is -0.402. The summed E-state index contributed by atoms with van der Waals surface area (Å²) in [5, 5.41) is 0.130. The van der Waals surface area contributed by atoms with Gasteiger partial charge in [0.2, 0.25) is 8.32 Å². The molecule has 0 N–H and O–H groups in total. The van der Waals surface area contributed by atoms with E-state index in [4.69, 9.17) is 18.6 Å². The van der Waals surface area contributed by atoms with E-state index >= 15 is 0 Å². The van der Waals surface area contributed by atoms with E-state index in [2.05, 4.69) is 33.9 Å². The Hall–Kier alpha value is -1.04. The average Bonchev–Trinajstić information content (AvgIpc) is 2.90. The minimum atomic E-state index is -1.93. The first-order valence-electron chi connectivity index (χ1n) is 7.35. The third-order valence-corrected chi connectivity index (χ3v) is 8.62. The van der Waals surface area contributed by atoms with E-state index < -0.39 is 14.6 Å². The van der Waals surface area contributed by atoms with Crippen molar-refractivity contribution >= 4 is 8.32 Å². The van der Waals surface area contributed by atoms with E-state index in [1.807, 2.05) is 18.2 Å². The van der Waals surface area contributed by atoms with Crippen molar-refractivity contribution in [3.63, 3.8) is 0 Å². The van der Waals surface area contributed by atoms with Crippen molar-refractivity contribution in [1.29, 1.82) is 0 Å². The molecule has 1 fully saturated rings. The van der Waals surface area contributed by atoms with Crippen LogP contribution in [-0.2, 0) is 9.47 Å². The van der Waals surface area contributed by atoms with Gasteiger partial charge in [-0.3, -0.25) is 0 Å². The minimum Gasteiger partial charge on any atom is -0.543 e. The number of hydrogen-bond acceptors (Lipinski definition) is 4. The summed E-state index contributed by atoms with van der Waals surface area (Å²) in [7, 11) is -0.274. The van der Waals surface area contributed by atoms with Crippen molar-refractivity contribution in [2.75, 3.05) is 20.3 Å². The molecule has 0 amide bonds. The summed E-state index contributed by atoms with van der Waals surface area (Å²) in [6.45, 7) is 12.3. The van der Waals surface area contributed by atoms with Crippen LogP contribution in [0.5, 0.6) is 11.5 Å². The maximum absolute atomic E-state index is 6.45. The summed E-state index contributed by atoms with van der Waals surface area (Å²) in [5.41, 5.74) is 0.863. The van der Waals surface area contributed by atoms with Crippen LogP contribution >= 0.6 is 0 Å². The molecule has 118 valence electrons. The predicted molar refractivity (Wildman–Crippen MR) is 85.5 cm³/mol. The highest BCUT2D eigenvalue weighted by atomic mass is 28.4. The van der Waals surface area contributed by atoms with Crippen LogP contribution in [0.4, 0.5) is 0 Å². The molecular formula is C16H26O4Si. The molecule has 1 aliphatic rings. The van der Waals surface area contributed by atoms with Crippen molar-refractivity contribution < 1.29 is 18.6 Å². The normalized spacial score (nSPS) is 17.0. The molecule has 1 aromatic rings. The van der Waals surface area contributed by atoms with Gasteiger partial charge in [0.05, 0.1) is 25.9 Å². The van der Waals surface area contributed by atoms with Gasteiger partial charge < -0.3 is 18.6 Å². The van der Waals surface area contributed by atoms with Crippen molar-refractivity contribution in [2.45, 2.75) is 45.2 Å². The van der Waals surface area contributed by atoms with E-state index in [-0.39, 0.29) is 5.04 Å². The van der Waals surface area contributed by atoms with Crippen LogP contribution < -0.4 is 9.16 Å². The van der Waals surface area contributed by atoms with Gasteiger partial charge in [0.1, 0.15) is 11.5 Å². The van der Waals surface area contributed by atoms with E-state index in [9.17, 15) is 0 Å². The number of rotatable bonds is 4. The Bertz CT molecular complexity index is 488. The zero-order valence-corrected chi connectivity index (χ0v) is 14.9. The lowest BCUT2D eigenvalue weighted by atomic mass is 10.1. The molecule has 0 aliphatic carbocycles. The first kappa shape index (κ1) is 16.3. The van der Waals surface area contributed by atoms with E-state index in [0.717, 1.165) is 17.1 Å². The molecule has 0 saturated carbocycles. The first-order chi connectivity index (χ1) is 9.76. The maximum atomic E-state index is 6.45. The fourth-order valence-corrected chi connectivity index (χ4v) is 3.01. The SMILES string of the molecule is COc1cccc(O[Si](C)(C)C(C)(C)C)c1C1OCCO1. The Labute approximate surface area is 128 Å². The molecule has 0 spiro atoms. The van der Waals surface area contributed by atoms with Gasteiger partial charge in [0.15, 0.2) is 6.29 Å². The van der Waals surface area contributed by atoms with Crippen LogP contribution in [0.15, 0.2) is 18.2 Å². The third kappa shape index (κ3) is 3.41. The molecule has 0 bridgehead atoms. The van der Waals surface area contributed by atoms with Crippen LogP contribution in [0.2, 0.25) is 18.1 Å². The summed E-state index contributed by atoms with van der Waals surface area (Å²) in [6, 6.07) is 5.84. The zero-order chi connectivity index (χ0) is 15.7. The molecule has 0 aromatic heterocycles. The smallest absolute Gasteiger partial charge is 0.250 e. The second kappa shape index (κ2) is 5.99. The molecule has 4 nitrogen and oxygen atoms in total. The Kier molecular flexibility index (Phi) is 4.65. The second-order valence-corrected chi connectivity index (χ2v) is 11.5. The quantitative estimate of drug-likeness (QED) is 0.784. The van der Waals surface area contributed by atoms with Crippen molar-refractivity contribution in [3.8, 4) is 11.5 Å². The minimum absolute atomic E-state index is 0.130. The highest BCUT2D eigenvalue weighted by molar-refractivity contribution is 6.74. The largest absolute Gasteiger partial charge is 0.543 e. The van der Waals surface area contributed by atoms with Crippen LogP contribution in [0.3, 0.4) is 0 Å². The maximum Gasteiger partial charge on any atom is 0.250 e. The standard InChI is InChI=1S/C16H26O4Si/c1-16(2,3)21(5,6)20-13-9-7-8-12(17-4)14(13)15-18-10-11-19-15/h7-9,15H,10-11H2,1-6H3. The lowest BCUT2D eigenvalue weighted by Gasteiger charge is -2.37. The molecule has 1 aliphatic heterocycles. The summed E-state index contributed by atoms with van der Waals surface area (Å²) in [4.78, 5) is 0. The van der Waals surface area contributed by atoms with Crippen LogP contribution in [0.25, 0.3) is 0 Å². The van der Waals surface area contributed by atoms with Gasteiger partial charge in [0.25, 0.3) is 0 Å². The van der Waals surface area contributed by atoms with Crippen LogP contribution in [-0.4, -0.2) is 28.6 Å². The van der Waals surface area contributed by atoms with E-state index in [0.29, 0.717) is 13.2 Å².